The first kappa shape index (κ1) is 12.4. The molecule has 18 heavy (non-hydrogen) atoms. The Kier molecular flexibility index (Phi) is 3.50. The number of benzene rings is 1. The number of amides is 1. The highest BCUT2D eigenvalue weighted by Crippen LogP contribution is 2.37. The van der Waals surface area contributed by atoms with E-state index in [9.17, 15) is 4.79 Å². The molecule has 1 aromatic rings. The van der Waals surface area contributed by atoms with Crippen LogP contribution in [0, 0.1) is 11.8 Å². The molecule has 1 atom stereocenters. The summed E-state index contributed by atoms with van der Waals surface area (Å²) in [6.07, 6.45) is 2.28. The van der Waals surface area contributed by atoms with E-state index in [0.717, 1.165) is 12.8 Å². The number of anilines is 1. The van der Waals surface area contributed by atoms with E-state index < -0.39 is 0 Å². The normalized spacial score (nSPS) is 17.3. The van der Waals surface area contributed by atoms with Crippen molar-refractivity contribution in [2.45, 2.75) is 19.8 Å². The van der Waals surface area contributed by atoms with E-state index >= 15 is 0 Å². The highest BCUT2D eigenvalue weighted by atomic mass is 16.4. The Balaban J connectivity index is 2.07. The van der Waals surface area contributed by atoms with E-state index in [-0.39, 0.29) is 17.7 Å². The molecule has 1 aliphatic carbocycles. The molecule has 0 saturated heterocycles. The average Bonchev–Trinajstić information content (AvgIpc) is 3.21. The number of nitrogens with one attached hydrogen (secondary N) is 1. The van der Waals surface area contributed by atoms with E-state index in [4.69, 9.17) is 10.9 Å². The first-order valence-electron chi connectivity index (χ1n) is 6.00. The number of nitrogens with two attached hydrogens (primary N) is 1. The summed E-state index contributed by atoms with van der Waals surface area (Å²) in [4.78, 5) is 11.9. The molecule has 96 valence electrons. The Hall–Kier alpha value is -2.04. The number of carbonyl (C=O) groups is 1. The molecule has 0 radical (unpaired) electrons. The molecule has 2 rings (SSSR count). The molecule has 0 spiro atoms. The molecule has 4 N–H and O–H groups in total. The minimum Gasteiger partial charge on any atom is -0.409 e. The molecule has 1 aromatic carbocycles. The summed E-state index contributed by atoms with van der Waals surface area (Å²) < 4.78 is 0. The fourth-order valence-electron chi connectivity index (χ4n) is 1.88. The molecule has 0 aliphatic heterocycles. The van der Waals surface area contributed by atoms with Gasteiger partial charge in [-0.2, -0.15) is 0 Å². The smallest absolute Gasteiger partial charge is 0.227 e. The first-order chi connectivity index (χ1) is 8.61. The third-order valence-corrected chi connectivity index (χ3v) is 3.28. The molecule has 0 aromatic heterocycles. The third kappa shape index (κ3) is 2.80. The van der Waals surface area contributed by atoms with E-state index in [1.165, 1.54) is 0 Å². The number of amidine groups is 1. The first-order valence-corrected chi connectivity index (χ1v) is 6.00. The predicted octanol–water partition coefficient (Wildman–Crippen LogP) is 1.77. The van der Waals surface area contributed by atoms with Crippen molar-refractivity contribution in [3.05, 3.63) is 29.8 Å². The second-order valence-electron chi connectivity index (χ2n) is 4.68. The maximum absolute atomic E-state index is 11.9. The van der Waals surface area contributed by atoms with Crippen molar-refractivity contribution in [2.24, 2.45) is 22.7 Å². The molecular weight excluding hydrogens is 230 g/mol. The predicted molar refractivity (Wildman–Crippen MR) is 69.5 cm³/mol. The van der Waals surface area contributed by atoms with Crippen molar-refractivity contribution in [2.75, 3.05) is 5.32 Å². The molecule has 1 fully saturated rings. The molecular formula is C13H17N3O2. The van der Waals surface area contributed by atoms with Gasteiger partial charge in [-0.05, 0) is 30.9 Å². The minimum absolute atomic E-state index is 0.0224. The van der Waals surface area contributed by atoms with E-state index in [0.29, 0.717) is 17.2 Å². The number of oxime groups is 1. The lowest BCUT2D eigenvalue weighted by Gasteiger charge is -2.11. The molecule has 0 bridgehead atoms. The lowest BCUT2D eigenvalue weighted by molar-refractivity contribution is -0.119. The molecule has 5 heteroatoms. The van der Waals surface area contributed by atoms with Crippen LogP contribution >= 0.6 is 0 Å². The van der Waals surface area contributed by atoms with Gasteiger partial charge < -0.3 is 16.3 Å². The number of carbonyl (C=O) groups excluding carboxylic acids is 1. The van der Waals surface area contributed by atoms with Crippen LogP contribution in [0.4, 0.5) is 5.69 Å². The largest absolute Gasteiger partial charge is 0.409 e. The zero-order valence-electron chi connectivity index (χ0n) is 10.3. The third-order valence-electron chi connectivity index (χ3n) is 3.28. The topological polar surface area (TPSA) is 87.7 Å². The zero-order chi connectivity index (χ0) is 13.1. The Labute approximate surface area is 106 Å². The number of nitrogens with zero attached hydrogens (tertiary/aromatic N) is 1. The monoisotopic (exact) mass is 247 g/mol. The fraction of sp³-hybridized carbons (Fsp3) is 0.385. The van der Waals surface area contributed by atoms with Crippen LogP contribution in [0.15, 0.2) is 29.4 Å². The van der Waals surface area contributed by atoms with Crippen LogP contribution in [0.3, 0.4) is 0 Å². The standard InChI is InChI=1S/C13H17N3O2/c1-8(9-5-6-9)13(17)15-11-4-2-3-10(7-11)12(14)16-18/h2-4,7-9,18H,5-6H2,1H3,(H2,14,16)(H,15,17). The summed E-state index contributed by atoms with van der Waals surface area (Å²) >= 11 is 0. The quantitative estimate of drug-likeness (QED) is 0.328. The number of hydrogen-bond donors (Lipinski definition) is 3. The van der Waals surface area contributed by atoms with Crippen molar-refractivity contribution >= 4 is 17.4 Å². The summed E-state index contributed by atoms with van der Waals surface area (Å²) in [5.41, 5.74) is 6.74. The Bertz CT molecular complexity index is 481. The van der Waals surface area contributed by atoms with Crippen molar-refractivity contribution < 1.29 is 10.0 Å². The zero-order valence-corrected chi connectivity index (χ0v) is 10.3. The van der Waals surface area contributed by atoms with E-state index in [2.05, 4.69) is 10.5 Å². The second kappa shape index (κ2) is 5.08. The van der Waals surface area contributed by atoms with Crippen LogP contribution in [0.25, 0.3) is 0 Å². The second-order valence-corrected chi connectivity index (χ2v) is 4.68. The molecule has 1 amide bonds. The van der Waals surface area contributed by atoms with Crippen molar-refractivity contribution in [3.8, 4) is 0 Å². The molecule has 1 saturated carbocycles. The van der Waals surface area contributed by atoms with Gasteiger partial charge >= 0.3 is 0 Å². The van der Waals surface area contributed by atoms with Gasteiger partial charge in [0.1, 0.15) is 0 Å². The van der Waals surface area contributed by atoms with Crippen LogP contribution in [0.2, 0.25) is 0 Å². The molecule has 1 unspecified atom stereocenters. The van der Waals surface area contributed by atoms with Crippen molar-refractivity contribution in [3.63, 3.8) is 0 Å². The summed E-state index contributed by atoms with van der Waals surface area (Å²) in [6.45, 7) is 1.94. The summed E-state index contributed by atoms with van der Waals surface area (Å²) in [7, 11) is 0. The van der Waals surface area contributed by atoms with Gasteiger partial charge in [-0.25, -0.2) is 0 Å². The van der Waals surface area contributed by atoms with Crippen LogP contribution in [0.1, 0.15) is 25.3 Å². The summed E-state index contributed by atoms with van der Waals surface area (Å²) in [5.74, 6) is 0.616. The fourth-order valence-corrected chi connectivity index (χ4v) is 1.88. The lowest BCUT2D eigenvalue weighted by Crippen LogP contribution is -2.22. The van der Waals surface area contributed by atoms with Crippen LogP contribution in [-0.2, 0) is 4.79 Å². The van der Waals surface area contributed by atoms with Gasteiger partial charge in [0, 0.05) is 17.2 Å². The Morgan fingerprint density at radius 3 is 2.89 bits per heavy atom. The van der Waals surface area contributed by atoms with Gasteiger partial charge in [0.25, 0.3) is 0 Å². The van der Waals surface area contributed by atoms with Gasteiger partial charge in [-0.3, -0.25) is 4.79 Å². The highest BCUT2D eigenvalue weighted by molar-refractivity contribution is 5.99. The van der Waals surface area contributed by atoms with Gasteiger partial charge in [-0.1, -0.05) is 24.2 Å². The average molecular weight is 247 g/mol. The van der Waals surface area contributed by atoms with Crippen molar-refractivity contribution in [1.29, 1.82) is 0 Å². The highest BCUT2D eigenvalue weighted by Gasteiger charge is 2.32. The van der Waals surface area contributed by atoms with Gasteiger partial charge in [0.15, 0.2) is 5.84 Å². The van der Waals surface area contributed by atoms with Gasteiger partial charge in [0.2, 0.25) is 5.91 Å². The molecule has 5 nitrogen and oxygen atoms in total. The SMILES string of the molecule is CC(C(=O)Nc1cccc(/C(N)=N/O)c1)C1CC1. The maximum atomic E-state index is 11.9. The number of rotatable bonds is 4. The Morgan fingerprint density at radius 2 is 2.28 bits per heavy atom. The van der Waals surface area contributed by atoms with Gasteiger partial charge in [0.05, 0.1) is 0 Å². The van der Waals surface area contributed by atoms with Crippen molar-refractivity contribution in [1.82, 2.24) is 0 Å². The summed E-state index contributed by atoms with van der Waals surface area (Å²) in [6, 6.07) is 6.94. The summed E-state index contributed by atoms with van der Waals surface area (Å²) in [5, 5.41) is 14.4. The van der Waals surface area contributed by atoms with Crippen LogP contribution in [0.5, 0.6) is 0 Å². The minimum atomic E-state index is 0.0224. The van der Waals surface area contributed by atoms with E-state index in [1.54, 1.807) is 24.3 Å². The molecule has 1 aliphatic rings. The van der Waals surface area contributed by atoms with Crippen LogP contribution < -0.4 is 11.1 Å². The van der Waals surface area contributed by atoms with Gasteiger partial charge in [-0.15, -0.1) is 0 Å². The Morgan fingerprint density at radius 1 is 1.56 bits per heavy atom. The number of hydrogen-bond acceptors (Lipinski definition) is 3. The van der Waals surface area contributed by atoms with Crippen LogP contribution in [-0.4, -0.2) is 17.0 Å². The van der Waals surface area contributed by atoms with E-state index in [1.807, 2.05) is 6.92 Å². The lowest BCUT2D eigenvalue weighted by atomic mass is 10.1. The molecule has 0 heterocycles. The maximum Gasteiger partial charge on any atom is 0.227 e.